The van der Waals surface area contributed by atoms with Crippen LogP contribution in [0.4, 0.5) is 0 Å². The quantitative estimate of drug-likeness (QED) is 0.0970. The molecule has 1 fully saturated rings. The Morgan fingerprint density at radius 1 is 0.955 bits per heavy atom. The minimum absolute atomic E-state index is 0.173. The molecule has 0 spiro atoms. The number of carbonyl (C=O) groups excluding carboxylic acids is 3. The van der Waals surface area contributed by atoms with Gasteiger partial charge in [-0.05, 0) is 16.7 Å². The summed E-state index contributed by atoms with van der Waals surface area (Å²) >= 11 is 4.62. The fraction of sp³-hybridized carbons (Fsp3) is 0.219. The molecule has 3 aromatic carbocycles. The number of nitrogens with zero attached hydrogens (tertiary/aromatic N) is 3. The molecule has 9 nitrogen and oxygen atoms in total. The van der Waals surface area contributed by atoms with E-state index < -0.39 is 23.5 Å². The van der Waals surface area contributed by atoms with Gasteiger partial charge in [-0.2, -0.15) is 0 Å². The van der Waals surface area contributed by atoms with Gasteiger partial charge in [-0.25, -0.2) is 4.79 Å². The number of H-pyrrole nitrogens is 1. The summed E-state index contributed by atoms with van der Waals surface area (Å²) in [6.45, 7) is 0. The van der Waals surface area contributed by atoms with Gasteiger partial charge in [0.2, 0.25) is 5.91 Å². The number of rotatable bonds is 12. The van der Waals surface area contributed by atoms with Gasteiger partial charge in [0.15, 0.2) is 6.10 Å². The van der Waals surface area contributed by atoms with Crippen molar-refractivity contribution in [1.82, 2.24) is 25.6 Å². The summed E-state index contributed by atoms with van der Waals surface area (Å²) in [7, 11) is 0. The van der Waals surface area contributed by atoms with E-state index in [2.05, 4.69) is 20.7 Å². The van der Waals surface area contributed by atoms with Crippen LogP contribution in [0.1, 0.15) is 22.8 Å². The second-order valence-electron chi connectivity index (χ2n) is 10.0. The van der Waals surface area contributed by atoms with Crippen LogP contribution in [0.25, 0.3) is 0 Å². The molecule has 2 N–H and O–H groups in total. The van der Waals surface area contributed by atoms with E-state index in [9.17, 15) is 14.4 Å². The number of esters is 1. The number of thioether (sulfide) groups is 3. The third kappa shape index (κ3) is 6.87. The summed E-state index contributed by atoms with van der Waals surface area (Å²) in [5, 5.41) is 13.7. The van der Waals surface area contributed by atoms with Crippen LogP contribution in [-0.2, 0) is 25.5 Å². The van der Waals surface area contributed by atoms with Crippen LogP contribution in [0.15, 0.2) is 113 Å². The maximum atomic E-state index is 14.1. The van der Waals surface area contributed by atoms with E-state index in [0.29, 0.717) is 11.5 Å². The monoisotopic (exact) mass is 643 g/mol. The second-order valence-corrected chi connectivity index (χ2v) is 13.4. The van der Waals surface area contributed by atoms with Crippen molar-refractivity contribution in [3.63, 3.8) is 0 Å². The first-order valence-electron chi connectivity index (χ1n) is 14.0. The highest BCUT2D eigenvalue weighted by Gasteiger charge is 2.54. The van der Waals surface area contributed by atoms with Gasteiger partial charge in [-0.15, -0.1) is 40.4 Å². The molecule has 0 radical (unpaired) electrons. The Morgan fingerprint density at radius 3 is 2.23 bits per heavy atom. The third-order valence-corrected chi connectivity index (χ3v) is 10.8. The van der Waals surface area contributed by atoms with Gasteiger partial charge in [-0.3, -0.25) is 19.6 Å². The van der Waals surface area contributed by atoms with Gasteiger partial charge in [0.1, 0.15) is 22.1 Å². The smallest absolute Gasteiger partial charge is 0.356 e. The topological polar surface area (TPSA) is 117 Å². The number of nitrogens with one attached hydrogen (secondary N) is 2. The van der Waals surface area contributed by atoms with Gasteiger partial charge in [0, 0.05) is 22.2 Å². The van der Waals surface area contributed by atoms with Crippen LogP contribution >= 0.6 is 35.3 Å². The van der Waals surface area contributed by atoms with Crippen LogP contribution < -0.4 is 5.32 Å². The number of β-lactam (4-membered cyclic amide) rings is 1. The van der Waals surface area contributed by atoms with Gasteiger partial charge in [-0.1, -0.05) is 96.2 Å². The SMILES string of the molecule is O=C(Cc1ccccc1)N[C@@H]1C(=O)N2C(C(=O)OC(c3ccccc3)c3ccccc3)=C(SCCSc3c[nH]nn3)CS[C@@H]12. The van der Waals surface area contributed by atoms with E-state index in [1.54, 1.807) is 18.0 Å². The van der Waals surface area contributed by atoms with Crippen molar-refractivity contribution in [3.8, 4) is 0 Å². The minimum atomic E-state index is -0.715. The fourth-order valence-electron chi connectivity index (χ4n) is 5.02. The molecule has 224 valence electrons. The molecule has 1 aromatic heterocycles. The van der Waals surface area contributed by atoms with E-state index in [-0.39, 0.29) is 23.9 Å². The summed E-state index contributed by atoms with van der Waals surface area (Å²) in [6.07, 6.45) is 1.25. The molecule has 2 amide bonds. The number of benzene rings is 3. The molecule has 6 rings (SSSR count). The van der Waals surface area contributed by atoms with Crippen molar-refractivity contribution >= 4 is 53.1 Å². The minimum Gasteiger partial charge on any atom is -0.448 e. The van der Waals surface area contributed by atoms with Crippen molar-refractivity contribution in [3.05, 3.63) is 124 Å². The molecular formula is C32H29N5O4S3. The van der Waals surface area contributed by atoms with Crippen molar-refractivity contribution in [2.75, 3.05) is 17.3 Å². The number of hydrogen-bond donors (Lipinski definition) is 2. The lowest BCUT2D eigenvalue weighted by atomic mass is 10.0. The Labute approximate surface area is 267 Å². The lowest BCUT2D eigenvalue weighted by Gasteiger charge is -2.49. The number of aromatic nitrogens is 3. The summed E-state index contributed by atoms with van der Waals surface area (Å²) in [6, 6.07) is 27.8. The van der Waals surface area contributed by atoms with Crippen molar-refractivity contribution < 1.29 is 19.1 Å². The predicted octanol–water partition coefficient (Wildman–Crippen LogP) is 4.82. The Hall–Kier alpha value is -4.00. The van der Waals surface area contributed by atoms with E-state index in [1.807, 2.05) is 91.0 Å². The summed E-state index contributed by atoms with van der Waals surface area (Å²) in [5.74, 6) is 0.823. The summed E-state index contributed by atoms with van der Waals surface area (Å²) in [4.78, 5) is 42.8. The lowest BCUT2D eigenvalue weighted by molar-refractivity contribution is -0.154. The molecule has 3 heterocycles. The molecule has 0 unspecified atom stereocenters. The average molecular weight is 644 g/mol. The van der Waals surface area contributed by atoms with Crippen molar-refractivity contribution in [2.24, 2.45) is 0 Å². The number of aromatic amines is 1. The summed E-state index contributed by atoms with van der Waals surface area (Å²) in [5.41, 5.74) is 2.77. The fourth-order valence-corrected chi connectivity index (χ4v) is 8.42. The van der Waals surface area contributed by atoms with E-state index in [0.717, 1.165) is 32.4 Å². The predicted molar refractivity (Wildman–Crippen MR) is 173 cm³/mol. The zero-order chi connectivity index (χ0) is 30.3. The maximum absolute atomic E-state index is 14.1. The highest BCUT2D eigenvalue weighted by Crippen LogP contribution is 2.44. The van der Waals surface area contributed by atoms with Crippen LogP contribution in [0.2, 0.25) is 0 Å². The molecular weight excluding hydrogens is 615 g/mol. The molecule has 2 atom stereocenters. The van der Waals surface area contributed by atoms with Crippen LogP contribution in [-0.4, -0.2) is 66.8 Å². The normalized spacial score (nSPS) is 17.7. The number of hydrogen-bond acceptors (Lipinski definition) is 9. The van der Waals surface area contributed by atoms with Crippen LogP contribution in [0.3, 0.4) is 0 Å². The maximum Gasteiger partial charge on any atom is 0.356 e. The number of amides is 2. The highest BCUT2D eigenvalue weighted by molar-refractivity contribution is 8.07. The zero-order valence-corrected chi connectivity index (χ0v) is 25.9. The van der Waals surface area contributed by atoms with Crippen molar-refractivity contribution in [1.29, 1.82) is 0 Å². The van der Waals surface area contributed by atoms with Gasteiger partial charge < -0.3 is 10.1 Å². The second kappa shape index (κ2) is 14.2. The number of carbonyl (C=O) groups is 3. The van der Waals surface area contributed by atoms with E-state index in [1.165, 1.54) is 28.4 Å². The number of ether oxygens (including phenoxy) is 1. The van der Waals surface area contributed by atoms with E-state index in [4.69, 9.17) is 4.74 Å². The molecule has 0 bridgehead atoms. The first-order chi connectivity index (χ1) is 21.6. The highest BCUT2D eigenvalue weighted by atomic mass is 32.2. The van der Waals surface area contributed by atoms with Gasteiger partial charge >= 0.3 is 5.97 Å². The lowest BCUT2D eigenvalue weighted by Crippen LogP contribution is -2.70. The average Bonchev–Trinajstić information content (AvgIpc) is 3.59. The van der Waals surface area contributed by atoms with E-state index >= 15 is 0 Å². The molecule has 0 saturated carbocycles. The van der Waals surface area contributed by atoms with Crippen LogP contribution in [0.5, 0.6) is 0 Å². The Bertz CT molecular complexity index is 1580. The van der Waals surface area contributed by atoms with Crippen molar-refractivity contribution in [2.45, 2.75) is 29.0 Å². The molecule has 0 aliphatic carbocycles. The molecule has 12 heteroatoms. The molecule has 1 saturated heterocycles. The first-order valence-corrected chi connectivity index (χ1v) is 17.0. The molecule has 4 aromatic rings. The van der Waals surface area contributed by atoms with Crippen LogP contribution in [0, 0.1) is 0 Å². The Kier molecular flexibility index (Phi) is 9.69. The van der Waals surface area contributed by atoms with Gasteiger partial charge in [0.05, 0.1) is 12.6 Å². The molecule has 2 aliphatic heterocycles. The Balaban J connectivity index is 1.22. The zero-order valence-electron chi connectivity index (χ0n) is 23.5. The molecule has 2 aliphatic rings. The summed E-state index contributed by atoms with van der Waals surface area (Å²) < 4.78 is 6.23. The number of fused-ring (bicyclic) bond motifs is 1. The first kappa shape index (κ1) is 30.0. The van der Waals surface area contributed by atoms with Gasteiger partial charge in [0.25, 0.3) is 5.91 Å². The standard InChI is InChI=1S/C32H29N5O4S3/c38-25(18-21-10-4-1-5-11-21)34-27-30(39)37-28(24(20-44-31(27)37)42-16-17-43-26-19-33-36-35-26)32(40)41-29(22-12-6-2-7-13-22)23-14-8-3-9-15-23/h1-15,19,27,29,31H,16-18,20H2,(H,34,38)(H,33,35,36)/t27-,31+/m1/s1. The third-order valence-electron chi connectivity index (χ3n) is 7.08. The molecule has 44 heavy (non-hydrogen) atoms. The largest absolute Gasteiger partial charge is 0.448 e. The Morgan fingerprint density at radius 2 is 1.59 bits per heavy atom.